The van der Waals surface area contributed by atoms with E-state index in [0.29, 0.717) is 0 Å². The van der Waals surface area contributed by atoms with Gasteiger partial charge in [0.1, 0.15) is 6.20 Å². The molecule has 0 aliphatic rings. The zero-order valence-corrected chi connectivity index (χ0v) is 6.40. The molecule has 0 aromatic carbocycles. The van der Waals surface area contributed by atoms with Gasteiger partial charge in [-0.25, -0.2) is 0 Å². The largest absolute Gasteiger partial charge is 1.00 e. The van der Waals surface area contributed by atoms with E-state index in [1.54, 1.807) is 17.7 Å². The average Bonchev–Trinajstić information content (AvgIpc) is 2.19. The molecule has 0 saturated carbocycles. The maximum atomic E-state index is 3.97. The van der Waals surface area contributed by atoms with Gasteiger partial charge in [0.25, 0.3) is 0 Å². The van der Waals surface area contributed by atoms with Crippen LogP contribution in [0.25, 0.3) is 0 Å². The summed E-state index contributed by atoms with van der Waals surface area (Å²) in [6.07, 6.45) is 3.59. The van der Waals surface area contributed by atoms with Crippen LogP contribution < -0.4 is 16.5 Å². The lowest BCUT2D eigenvalue weighted by Gasteiger charge is -1.72. The third kappa shape index (κ3) is 2.58. The number of nitrogens with zero attached hydrogens (tertiary/aromatic N) is 2. The van der Waals surface area contributed by atoms with Crippen molar-refractivity contribution in [3.05, 3.63) is 24.2 Å². The first-order chi connectivity index (χ1) is 3.93. The molecule has 0 radical (unpaired) electrons. The third-order valence-corrected chi connectivity index (χ3v) is 1.45. The molecule has 1 aromatic rings. The quantitative estimate of drug-likeness (QED) is 0.351. The fraction of sp³-hybridized carbons (Fsp3) is 0.200. The first-order valence-electron chi connectivity index (χ1n) is 2.34. The molecule has 0 spiro atoms. The van der Waals surface area contributed by atoms with Gasteiger partial charge in [-0.05, 0) is 10.1 Å². The van der Waals surface area contributed by atoms with E-state index in [0.717, 1.165) is 6.54 Å². The highest BCUT2D eigenvalue weighted by atomic mass is 35.5. The first kappa shape index (κ1) is 8.59. The molecular formula is C5H7ClN2S. The van der Waals surface area contributed by atoms with Crippen molar-refractivity contribution in [1.82, 2.24) is 5.10 Å². The summed E-state index contributed by atoms with van der Waals surface area (Å²) in [5.74, 6) is 0. The predicted octanol–water partition coefficient (Wildman–Crippen LogP) is -2.38. The fourth-order valence-corrected chi connectivity index (χ4v) is 0.977. The molecule has 0 saturated heterocycles. The minimum Gasteiger partial charge on any atom is -1.00 e. The summed E-state index contributed by atoms with van der Waals surface area (Å²) in [5.41, 5.74) is 0. The van der Waals surface area contributed by atoms with Gasteiger partial charge in [0, 0.05) is 5.10 Å². The van der Waals surface area contributed by atoms with E-state index in [-0.39, 0.29) is 12.4 Å². The van der Waals surface area contributed by atoms with Gasteiger partial charge in [-0.15, -0.1) is 0 Å². The van der Waals surface area contributed by atoms with Crippen LogP contribution in [0.5, 0.6) is 0 Å². The van der Waals surface area contributed by atoms with E-state index in [4.69, 9.17) is 0 Å². The second kappa shape index (κ2) is 4.47. The maximum absolute atomic E-state index is 3.97. The summed E-state index contributed by atoms with van der Waals surface area (Å²) in [6.45, 7) is 4.40. The minimum atomic E-state index is 0. The molecule has 0 unspecified atom stereocenters. The molecule has 9 heavy (non-hydrogen) atoms. The van der Waals surface area contributed by atoms with Crippen molar-refractivity contribution in [1.29, 1.82) is 0 Å². The van der Waals surface area contributed by atoms with Crippen LogP contribution >= 0.6 is 11.5 Å². The van der Waals surface area contributed by atoms with Crippen molar-refractivity contribution in [2.75, 3.05) is 0 Å². The average molecular weight is 163 g/mol. The highest BCUT2D eigenvalue weighted by Gasteiger charge is 1.95. The molecule has 50 valence electrons. The molecular weight excluding hydrogens is 156 g/mol. The van der Waals surface area contributed by atoms with Gasteiger partial charge in [0.05, 0.1) is 5.38 Å². The molecule has 0 bridgehead atoms. The third-order valence-electron chi connectivity index (χ3n) is 0.724. The lowest BCUT2D eigenvalue weighted by atomic mass is 10.7. The van der Waals surface area contributed by atoms with Crippen LogP contribution in [-0.4, -0.2) is 5.10 Å². The molecule has 0 fully saturated rings. The van der Waals surface area contributed by atoms with Crippen molar-refractivity contribution >= 4 is 11.5 Å². The molecule has 4 heteroatoms. The maximum Gasteiger partial charge on any atom is 0.207 e. The highest BCUT2D eigenvalue weighted by Crippen LogP contribution is 1.80. The molecule has 0 aliphatic heterocycles. The number of aromatic nitrogens is 2. The van der Waals surface area contributed by atoms with Crippen LogP contribution in [0.15, 0.2) is 24.2 Å². The Balaban J connectivity index is 0.000000640. The Bertz CT molecular complexity index is 161. The summed E-state index contributed by atoms with van der Waals surface area (Å²) in [4.78, 5) is 0. The summed E-state index contributed by atoms with van der Waals surface area (Å²) >= 11 is 1.58. The smallest absolute Gasteiger partial charge is 0.207 e. The summed E-state index contributed by atoms with van der Waals surface area (Å²) in [7, 11) is 0. The number of hydrogen-bond donors (Lipinski definition) is 0. The first-order valence-corrected chi connectivity index (χ1v) is 3.18. The summed E-state index contributed by atoms with van der Waals surface area (Å²) < 4.78 is 1.85. The van der Waals surface area contributed by atoms with E-state index in [2.05, 4.69) is 11.7 Å². The molecule has 2 nitrogen and oxygen atoms in total. The number of halogens is 1. The Morgan fingerprint density at radius 3 is 3.00 bits per heavy atom. The SMILES string of the molecule is C=CC[n+]1nccs1.[Cl-]. The molecule has 1 aromatic heterocycles. The van der Waals surface area contributed by atoms with Crippen LogP contribution in [0.3, 0.4) is 0 Å². The van der Waals surface area contributed by atoms with Crippen LogP contribution in [0.1, 0.15) is 0 Å². The second-order valence-corrected chi connectivity index (χ2v) is 2.23. The van der Waals surface area contributed by atoms with E-state index in [1.807, 2.05) is 15.5 Å². The van der Waals surface area contributed by atoms with Gasteiger partial charge < -0.3 is 12.4 Å². The lowest BCUT2D eigenvalue weighted by molar-refractivity contribution is -0.678. The molecule has 0 N–H and O–H groups in total. The normalized spacial score (nSPS) is 8.00. The molecule has 1 rings (SSSR count). The van der Waals surface area contributed by atoms with Gasteiger partial charge in [0.2, 0.25) is 6.54 Å². The Morgan fingerprint density at radius 2 is 2.56 bits per heavy atom. The second-order valence-electron chi connectivity index (χ2n) is 1.33. The van der Waals surface area contributed by atoms with Crippen molar-refractivity contribution in [3.8, 4) is 0 Å². The molecule has 0 amide bonds. The Labute approximate surface area is 64.4 Å². The lowest BCUT2D eigenvalue weighted by Crippen LogP contribution is -3.00. The van der Waals surface area contributed by atoms with Crippen molar-refractivity contribution < 1.29 is 16.5 Å². The summed E-state index contributed by atoms with van der Waals surface area (Å²) in [6, 6.07) is 0. The molecule has 1 heterocycles. The molecule has 0 aliphatic carbocycles. The van der Waals surface area contributed by atoms with Gasteiger partial charge >= 0.3 is 0 Å². The highest BCUT2D eigenvalue weighted by molar-refractivity contribution is 6.99. The number of hydrogen-bond acceptors (Lipinski definition) is 2. The van der Waals surface area contributed by atoms with E-state index < -0.39 is 0 Å². The molecule has 0 atom stereocenters. The standard InChI is InChI=1S/C5H7N2S.ClH/c1-2-4-7-6-3-5-8-7;/h2-3,5H,1,4H2;1H/q+1;/p-1. The van der Waals surface area contributed by atoms with Crippen LogP contribution in [-0.2, 0) is 6.54 Å². The van der Waals surface area contributed by atoms with Crippen molar-refractivity contribution in [2.45, 2.75) is 6.54 Å². The Hall–Kier alpha value is -0.410. The summed E-state index contributed by atoms with van der Waals surface area (Å²) in [5, 5.41) is 5.90. The van der Waals surface area contributed by atoms with Crippen molar-refractivity contribution in [2.24, 2.45) is 0 Å². The minimum absolute atomic E-state index is 0. The van der Waals surface area contributed by atoms with Crippen LogP contribution in [0.2, 0.25) is 0 Å². The topological polar surface area (TPSA) is 16.8 Å². The van der Waals surface area contributed by atoms with Crippen LogP contribution in [0, 0.1) is 0 Å². The van der Waals surface area contributed by atoms with E-state index in [9.17, 15) is 0 Å². The van der Waals surface area contributed by atoms with E-state index >= 15 is 0 Å². The van der Waals surface area contributed by atoms with Gasteiger partial charge in [-0.2, -0.15) is 0 Å². The number of allylic oxidation sites excluding steroid dienone is 1. The van der Waals surface area contributed by atoms with Gasteiger partial charge in [-0.3, -0.25) is 0 Å². The number of rotatable bonds is 2. The zero-order chi connectivity index (χ0) is 5.82. The van der Waals surface area contributed by atoms with Crippen molar-refractivity contribution in [3.63, 3.8) is 0 Å². The van der Waals surface area contributed by atoms with Gasteiger partial charge in [0.15, 0.2) is 11.5 Å². The fourth-order valence-electron chi connectivity index (χ4n) is 0.427. The Morgan fingerprint density at radius 1 is 1.78 bits per heavy atom. The van der Waals surface area contributed by atoms with Crippen LogP contribution in [0.4, 0.5) is 0 Å². The monoisotopic (exact) mass is 162 g/mol. The van der Waals surface area contributed by atoms with Gasteiger partial charge in [-0.1, -0.05) is 6.58 Å². The Kier molecular flexibility index (Phi) is 4.26. The van der Waals surface area contributed by atoms with E-state index in [1.165, 1.54) is 0 Å². The predicted molar refractivity (Wildman–Crippen MR) is 32.5 cm³/mol. The zero-order valence-electron chi connectivity index (χ0n) is 4.83.